The number of hydrogen-bond acceptors (Lipinski definition) is 5. The molecule has 0 aromatic heterocycles. The number of rotatable bonds is 3. The smallest absolute Gasteiger partial charge is 0.183 e. The standard InChI is InChI=1S/C11H12N2O3/c1-7(14)11(8(2)15)13-12-9-4-3-5-10(16)6-9/h3-6,14,16H,1-2H3/b11-7+,13-12?. The van der Waals surface area contributed by atoms with Crippen molar-refractivity contribution < 1.29 is 15.0 Å². The van der Waals surface area contributed by atoms with E-state index >= 15 is 0 Å². The summed E-state index contributed by atoms with van der Waals surface area (Å²) in [6, 6.07) is 6.12. The van der Waals surface area contributed by atoms with Crippen molar-refractivity contribution in [3.63, 3.8) is 0 Å². The lowest BCUT2D eigenvalue weighted by Crippen LogP contribution is -1.96. The van der Waals surface area contributed by atoms with Crippen molar-refractivity contribution in [3.05, 3.63) is 35.7 Å². The fraction of sp³-hybridized carbons (Fsp3) is 0.182. The summed E-state index contributed by atoms with van der Waals surface area (Å²) in [5.74, 6) is -0.495. The number of carbonyl (C=O) groups is 1. The largest absolute Gasteiger partial charge is 0.510 e. The third-order valence-corrected chi connectivity index (χ3v) is 1.77. The normalized spacial score (nSPS) is 12.6. The van der Waals surface area contributed by atoms with Crippen molar-refractivity contribution in [2.45, 2.75) is 13.8 Å². The summed E-state index contributed by atoms with van der Waals surface area (Å²) in [4.78, 5) is 11.1. The first-order chi connectivity index (χ1) is 7.50. The highest BCUT2D eigenvalue weighted by Gasteiger charge is 2.06. The zero-order valence-corrected chi connectivity index (χ0v) is 9.01. The molecule has 0 saturated carbocycles. The summed E-state index contributed by atoms with van der Waals surface area (Å²) in [5, 5.41) is 25.7. The number of aliphatic hydroxyl groups excluding tert-OH is 1. The highest BCUT2D eigenvalue weighted by atomic mass is 16.3. The maximum Gasteiger partial charge on any atom is 0.183 e. The fourth-order valence-corrected chi connectivity index (χ4v) is 1.06. The van der Waals surface area contributed by atoms with Gasteiger partial charge < -0.3 is 10.2 Å². The summed E-state index contributed by atoms with van der Waals surface area (Å²) in [5.41, 5.74) is 0.309. The second kappa shape index (κ2) is 5.06. The van der Waals surface area contributed by atoms with E-state index in [2.05, 4.69) is 10.2 Å². The van der Waals surface area contributed by atoms with Crippen molar-refractivity contribution in [2.24, 2.45) is 10.2 Å². The maximum absolute atomic E-state index is 11.1. The molecule has 5 nitrogen and oxygen atoms in total. The molecule has 0 fully saturated rings. The number of benzene rings is 1. The third-order valence-electron chi connectivity index (χ3n) is 1.77. The van der Waals surface area contributed by atoms with Crippen LogP contribution in [0.5, 0.6) is 5.75 Å². The number of aromatic hydroxyl groups is 1. The Morgan fingerprint density at radius 1 is 1.31 bits per heavy atom. The molecule has 16 heavy (non-hydrogen) atoms. The minimum atomic E-state index is -0.371. The quantitative estimate of drug-likeness (QED) is 0.466. The second-order valence-corrected chi connectivity index (χ2v) is 3.21. The summed E-state index contributed by atoms with van der Waals surface area (Å²) in [7, 11) is 0. The van der Waals surface area contributed by atoms with E-state index in [1.165, 1.54) is 26.0 Å². The Hall–Kier alpha value is -2.17. The van der Waals surface area contributed by atoms with Crippen molar-refractivity contribution in [2.75, 3.05) is 0 Å². The zero-order chi connectivity index (χ0) is 12.1. The van der Waals surface area contributed by atoms with Gasteiger partial charge in [0.05, 0.1) is 5.69 Å². The lowest BCUT2D eigenvalue weighted by Gasteiger charge is -1.97. The molecule has 0 saturated heterocycles. The van der Waals surface area contributed by atoms with Gasteiger partial charge in [0, 0.05) is 13.0 Å². The Kier molecular flexibility index (Phi) is 3.77. The van der Waals surface area contributed by atoms with Gasteiger partial charge in [-0.25, -0.2) is 0 Å². The van der Waals surface area contributed by atoms with Gasteiger partial charge in [0.2, 0.25) is 0 Å². The molecule has 1 aromatic rings. The van der Waals surface area contributed by atoms with E-state index < -0.39 is 0 Å². The van der Waals surface area contributed by atoms with E-state index in [1.54, 1.807) is 12.1 Å². The third kappa shape index (κ3) is 3.20. The molecular formula is C11H12N2O3. The number of aliphatic hydroxyl groups is 1. The van der Waals surface area contributed by atoms with Crippen LogP contribution in [0.15, 0.2) is 46.0 Å². The van der Waals surface area contributed by atoms with Gasteiger partial charge in [-0.1, -0.05) is 6.07 Å². The van der Waals surface area contributed by atoms with Gasteiger partial charge in [0.1, 0.15) is 11.5 Å². The molecule has 5 heteroatoms. The highest BCUT2D eigenvalue weighted by molar-refractivity contribution is 5.93. The molecule has 0 aliphatic heterocycles. The summed E-state index contributed by atoms with van der Waals surface area (Å²) in [6.45, 7) is 2.65. The van der Waals surface area contributed by atoms with E-state index in [4.69, 9.17) is 5.11 Å². The van der Waals surface area contributed by atoms with Crippen molar-refractivity contribution in [3.8, 4) is 5.75 Å². The van der Waals surface area contributed by atoms with E-state index in [1.807, 2.05) is 0 Å². The number of ketones is 1. The van der Waals surface area contributed by atoms with E-state index in [0.29, 0.717) is 5.69 Å². The van der Waals surface area contributed by atoms with Crippen LogP contribution in [0.25, 0.3) is 0 Å². The molecule has 0 aliphatic rings. The van der Waals surface area contributed by atoms with Crippen LogP contribution in [-0.2, 0) is 4.79 Å². The Bertz CT molecular complexity index is 460. The second-order valence-electron chi connectivity index (χ2n) is 3.21. The van der Waals surface area contributed by atoms with Crippen molar-refractivity contribution in [1.82, 2.24) is 0 Å². The number of phenolic OH excluding ortho intramolecular Hbond substituents is 1. The van der Waals surface area contributed by atoms with Crippen LogP contribution < -0.4 is 0 Å². The molecule has 2 N–H and O–H groups in total. The minimum Gasteiger partial charge on any atom is -0.510 e. The van der Waals surface area contributed by atoms with Gasteiger partial charge in [0.25, 0.3) is 0 Å². The highest BCUT2D eigenvalue weighted by Crippen LogP contribution is 2.20. The molecule has 1 aromatic carbocycles. The lowest BCUT2D eigenvalue weighted by molar-refractivity contribution is -0.113. The van der Waals surface area contributed by atoms with Crippen LogP contribution in [0.2, 0.25) is 0 Å². The van der Waals surface area contributed by atoms with Gasteiger partial charge in [-0.05, 0) is 19.1 Å². The number of hydrogen-bond donors (Lipinski definition) is 2. The molecule has 0 bridgehead atoms. The van der Waals surface area contributed by atoms with E-state index in [0.717, 1.165) is 0 Å². The van der Waals surface area contributed by atoms with Crippen LogP contribution in [0.1, 0.15) is 13.8 Å². The SMILES string of the molecule is CC(=O)/C(N=Nc1cccc(O)c1)=C(/C)O. The number of nitrogens with zero attached hydrogens (tertiary/aromatic N) is 2. The van der Waals surface area contributed by atoms with Gasteiger partial charge in [0.15, 0.2) is 11.5 Å². The van der Waals surface area contributed by atoms with Crippen LogP contribution >= 0.6 is 0 Å². The molecule has 0 unspecified atom stereocenters. The predicted molar refractivity (Wildman–Crippen MR) is 58.6 cm³/mol. The Balaban J connectivity index is 2.96. The Morgan fingerprint density at radius 3 is 2.50 bits per heavy atom. The number of allylic oxidation sites excluding steroid dienone is 2. The average Bonchev–Trinajstić information content (AvgIpc) is 2.16. The van der Waals surface area contributed by atoms with Crippen LogP contribution in [0.3, 0.4) is 0 Å². The molecular weight excluding hydrogens is 208 g/mol. The topological polar surface area (TPSA) is 82.2 Å². The molecule has 0 spiro atoms. The number of phenols is 1. The minimum absolute atomic E-state index is 0.0607. The van der Waals surface area contributed by atoms with Gasteiger partial charge >= 0.3 is 0 Å². The lowest BCUT2D eigenvalue weighted by atomic mass is 10.3. The first-order valence-electron chi connectivity index (χ1n) is 4.62. The molecule has 84 valence electrons. The van der Waals surface area contributed by atoms with Crippen LogP contribution in [0.4, 0.5) is 5.69 Å². The van der Waals surface area contributed by atoms with Gasteiger partial charge in [-0.2, -0.15) is 5.11 Å². The first kappa shape index (κ1) is 11.9. The number of azo groups is 1. The molecule has 0 atom stereocenters. The van der Waals surface area contributed by atoms with Crippen molar-refractivity contribution >= 4 is 11.5 Å². The van der Waals surface area contributed by atoms with E-state index in [-0.39, 0.29) is 23.0 Å². The molecule has 0 heterocycles. The number of Topliss-reactive ketones (excluding diaryl/α,β-unsaturated/α-hetero) is 1. The maximum atomic E-state index is 11.1. The monoisotopic (exact) mass is 220 g/mol. The molecule has 0 radical (unpaired) electrons. The van der Waals surface area contributed by atoms with Crippen LogP contribution in [-0.4, -0.2) is 16.0 Å². The molecule has 0 aliphatic carbocycles. The summed E-state index contributed by atoms with van der Waals surface area (Å²) in [6.07, 6.45) is 0. The Labute approximate surface area is 92.8 Å². The zero-order valence-electron chi connectivity index (χ0n) is 9.01. The fourth-order valence-electron chi connectivity index (χ4n) is 1.06. The first-order valence-corrected chi connectivity index (χ1v) is 4.62. The van der Waals surface area contributed by atoms with Crippen LogP contribution in [0, 0.1) is 0 Å². The summed E-state index contributed by atoms with van der Waals surface area (Å²) >= 11 is 0. The van der Waals surface area contributed by atoms with E-state index in [9.17, 15) is 9.90 Å². The molecule has 0 amide bonds. The molecule has 1 rings (SSSR count). The van der Waals surface area contributed by atoms with Gasteiger partial charge in [-0.3, -0.25) is 4.79 Å². The number of carbonyl (C=O) groups excluding carboxylic acids is 1. The van der Waals surface area contributed by atoms with Gasteiger partial charge in [-0.15, -0.1) is 5.11 Å². The Morgan fingerprint density at radius 2 is 2.00 bits per heavy atom. The summed E-state index contributed by atoms with van der Waals surface area (Å²) < 4.78 is 0. The predicted octanol–water partition coefficient (Wildman–Crippen LogP) is 2.85. The van der Waals surface area contributed by atoms with Crippen molar-refractivity contribution in [1.29, 1.82) is 0 Å². The average molecular weight is 220 g/mol.